The highest BCUT2D eigenvalue weighted by Gasteiger charge is 2.11. The molecular weight excluding hydrogens is 256 g/mol. The lowest BCUT2D eigenvalue weighted by Gasteiger charge is -1.99. The third-order valence-corrected chi connectivity index (χ3v) is 2.48. The summed E-state index contributed by atoms with van der Waals surface area (Å²) in [6.07, 6.45) is 1.84. The minimum Gasteiger partial charge on any atom is -0.309 e. The molecule has 0 aliphatic carbocycles. The molecule has 0 aliphatic heterocycles. The first-order valence-electron chi connectivity index (χ1n) is 5.74. The molecule has 0 saturated carbocycles. The Morgan fingerprint density at radius 3 is 2.95 bits per heavy atom. The normalized spacial score (nSPS) is 10.9. The number of anilines is 1. The van der Waals surface area contributed by atoms with Crippen LogP contribution >= 0.6 is 0 Å². The number of amides is 1. The van der Waals surface area contributed by atoms with Crippen LogP contribution in [0.4, 0.5) is 14.6 Å². The van der Waals surface area contributed by atoms with Crippen LogP contribution in [0, 0.1) is 0 Å². The van der Waals surface area contributed by atoms with Crippen LogP contribution in [0.2, 0.25) is 0 Å². The van der Waals surface area contributed by atoms with Gasteiger partial charge in [0.25, 0.3) is 0 Å². The van der Waals surface area contributed by atoms with Crippen LogP contribution in [0.1, 0.15) is 24.9 Å². The average molecular weight is 269 g/mol. The minimum atomic E-state index is -2.70. The van der Waals surface area contributed by atoms with Gasteiger partial charge in [0.15, 0.2) is 5.82 Å². The lowest BCUT2D eigenvalue weighted by atomic mass is 10.3. The summed E-state index contributed by atoms with van der Waals surface area (Å²) in [5.41, 5.74) is 1.18. The van der Waals surface area contributed by atoms with Crippen LogP contribution in [-0.4, -0.2) is 25.9 Å². The summed E-state index contributed by atoms with van der Waals surface area (Å²) in [5, 5.41) is 12.8. The van der Waals surface area contributed by atoms with Gasteiger partial charge < -0.3 is 5.32 Å². The second-order valence-electron chi connectivity index (χ2n) is 3.92. The van der Waals surface area contributed by atoms with E-state index in [0.717, 1.165) is 18.3 Å². The molecule has 1 amide bonds. The van der Waals surface area contributed by atoms with E-state index in [1.807, 2.05) is 6.92 Å². The molecule has 6 nitrogen and oxygen atoms in total. The Kier molecular flexibility index (Phi) is 3.88. The van der Waals surface area contributed by atoms with E-state index in [-0.39, 0.29) is 18.0 Å². The molecule has 0 unspecified atom stereocenters. The van der Waals surface area contributed by atoms with Gasteiger partial charge in [-0.05, 0) is 12.5 Å². The van der Waals surface area contributed by atoms with Crippen LogP contribution in [0.5, 0.6) is 0 Å². The third kappa shape index (κ3) is 3.36. The second-order valence-corrected chi connectivity index (χ2v) is 3.92. The molecule has 0 radical (unpaired) electrons. The Morgan fingerprint density at radius 1 is 1.58 bits per heavy atom. The van der Waals surface area contributed by atoms with E-state index < -0.39 is 6.55 Å². The van der Waals surface area contributed by atoms with Gasteiger partial charge >= 0.3 is 6.55 Å². The predicted octanol–water partition coefficient (Wildman–Crippen LogP) is 1.74. The Hall–Kier alpha value is -2.25. The molecular formula is C11H13F2N5O. The fourth-order valence-electron chi connectivity index (χ4n) is 1.54. The summed E-state index contributed by atoms with van der Waals surface area (Å²) in [7, 11) is 0. The van der Waals surface area contributed by atoms with E-state index in [0.29, 0.717) is 10.5 Å². The number of nitrogens with zero attached hydrogens (tertiary/aromatic N) is 3. The first-order chi connectivity index (χ1) is 9.08. The number of rotatable bonds is 5. The van der Waals surface area contributed by atoms with Crippen LogP contribution in [0.15, 0.2) is 18.3 Å². The summed E-state index contributed by atoms with van der Waals surface area (Å²) >= 11 is 0. The number of halogens is 2. The van der Waals surface area contributed by atoms with Crippen LogP contribution < -0.4 is 5.32 Å². The molecule has 0 spiro atoms. The maximum absolute atomic E-state index is 12.3. The zero-order valence-electron chi connectivity index (χ0n) is 10.2. The monoisotopic (exact) mass is 269 g/mol. The molecule has 0 bridgehead atoms. The van der Waals surface area contributed by atoms with E-state index in [1.165, 1.54) is 6.07 Å². The molecule has 2 rings (SSSR count). The SMILES string of the molecule is CCc1cc(NC(=O)Cc2ccn(C(F)F)n2)n[nH]1. The highest BCUT2D eigenvalue weighted by Crippen LogP contribution is 2.10. The van der Waals surface area contributed by atoms with Crippen molar-refractivity contribution in [3.05, 3.63) is 29.7 Å². The van der Waals surface area contributed by atoms with Crippen molar-refractivity contribution in [2.24, 2.45) is 0 Å². The number of nitrogens with one attached hydrogen (secondary N) is 2. The number of alkyl halides is 2. The number of carbonyl (C=O) groups is 1. The molecule has 102 valence electrons. The molecule has 19 heavy (non-hydrogen) atoms. The van der Waals surface area contributed by atoms with Crippen LogP contribution in [0.25, 0.3) is 0 Å². The summed E-state index contributed by atoms with van der Waals surface area (Å²) in [5.74, 6) is 0.0591. The molecule has 0 saturated heterocycles. The van der Waals surface area contributed by atoms with Crippen molar-refractivity contribution in [1.29, 1.82) is 0 Å². The molecule has 2 aromatic heterocycles. The molecule has 0 atom stereocenters. The second kappa shape index (κ2) is 5.59. The quantitative estimate of drug-likeness (QED) is 0.868. The van der Waals surface area contributed by atoms with Crippen molar-refractivity contribution < 1.29 is 13.6 Å². The Morgan fingerprint density at radius 2 is 2.37 bits per heavy atom. The summed E-state index contributed by atoms with van der Waals surface area (Å²) in [6.45, 7) is -0.744. The maximum Gasteiger partial charge on any atom is 0.333 e. The van der Waals surface area contributed by atoms with E-state index in [2.05, 4.69) is 20.6 Å². The fourth-order valence-corrected chi connectivity index (χ4v) is 1.54. The number of hydrogen-bond acceptors (Lipinski definition) is 3. The Labute approximate surface area is 107 Å². The number of carbonyl (C=O) groups excluding carboxylic acids is 1. The smallest absolute Gasteiger partial charge is 0.309 e. The molecule has 2 aromatic rings. The zero-order chi connectivity index (χ0) is 13.8. The van der Waals surface area contributed by atoms with E-state index in [4.69, 9.17) is 0 Å². The van der Waals surface area contributed by atoms with Gasteiger partial charge in [-0.25, -0.2) is 4.68 Å². The van der Waals surface area contributed by atoms with Crippen molar-refractivity contribution >= 4 is 11.7 Å². The standard InChI is InChI=1S/C11H13F2N5O/c1-2-7-5-9(16-15-7)14-10(19)6-8-3-4-18(17-8)11(12)13/h3-5,11H,2,6H2,1H3,(H2,14,15,16,19). The van der Waals surface area contributed by atoms with E-state index in [1.54, 1.807) is 6.07 Å². The summed E-state index contributed by atoms with van der Waals surface area (Å²) < 4.78 is 25.1. The van der Waals surface area contributed by atoms with E-state index >= 15 is 0 Å². The molecule has 0 aromatic carbocycles. The average Bonchev–Trinajstić information content (AvgIpc) is 2.98. The topological polar surface area (TPSA) is 75.6 Å². The van der Waals surface area contributed by atoms with E-state index in [9.17, 15) is 13.6 Å². The Bertz CT molecular complexity index is 563. The van der Waals surface area contributed by atoms with Crippen molar-refractivity contribution in [2.45, 2.75) is 26.3 Å². The molecule has 0 fully saturated rings. The molecule has 2 N–H and O–H groups in total. The number of aryl methyl sites for hydroxylation is 1. The van der Waals surface area contributed by atoms with Gasteiger partial charge in [-0.15, -0.1) is 0 Å². The van der Waals surface area contributed by atoms with Crippen LogP contribution in [-0.2, 0) is 17.6 Å². The summed E-state index contributed by atoms with van der Waals surface area (Å²) in [4.78, 5) is 11.7. The number of hydrogen-bond donors (Lipinski definition) is 2. The highest BCUT2D eigenvalue weighted by molar-refractivity contribution is 5.91. The summed E-state index contributed by atoms with van der Waals surface area (Å²) in [6, 6.07) is 3.10. The highest BCUT2D eigenvalue weighted by atomic mass is 19.3. The van der Waals surface area contributed by atoms with Gasteiger partial charge in [0.05, 0.1) is 12.1 Å². The zero-order valence-corrected chi connectivity index (χ0v) is 10.2. The number of aromatic nitrogens is 4. The maximum atomic E-state index is 12.3. The third-order valence-electron chi connectivity index (χ3n) is 2.48. The van der Waals surface area contributed by atoms with Gasteiger partial charge in [0.2, 0.25) is 5.91 Å². The van der Waals surface area contributed by atoms with Gasteiger partial charge in [0, 0.05) is 18.0 Å². The molecule has 8 heteroatoms. The predicted molar refractivity (Wildman–Crippen MR) is 63.8 cm³/mol. The van der Waals surface area contributed by atoms with Crippen molar-refractivity contribution in [2.75, 3.05) is 5.32 Å². The fraction of sp³-hybridized carbons (Fsp3) is 0.364. The minimum absolute atomic E-state index is 0.0754. The van der Waals surface area contributed by atoms with Crippen LogP contribution in [0.3, 0.4) is 0 Å². The van der Waals surface area contributed by atoms with Crippen molar-refractivity contribution in [3.63, 3.8) is 0 Å². The van der Waals surface area contributed by atoms with Crippen molar-refractivity contribution in [1.82, 2.24) is 20.0 Å². The molecule has 2 heterocycles. The van der Waals surface area contributed by atoms with Crippen molar-refractivity contribution in [3.8, 4) is 0 Å². The van der Waals surface area contributed by atoms with Gasteiger partial charge in [-0.3, -0.25) is 9.89 Å². The van der Waals surface area contributed by atoms with Gasteiger partial charge in [0.1, 0.15) is 0 Å². The first kappa shape index (κ1) is 13.2. The number of H-pyrrole nitrogens is 1. The number of aromatic amines is 1. The largest absolute Gasteiger partial charge is 0.333 e. The molecule has 0 aliphatic rings. The lowest BCUT2D eigenvalue weighted by Crippen LogP contribution is -2.15. The lowest BCUT2D eigenvalue weighted by molar-refractivity contribution is -0.115. The van der Waals surface area contributed by atoms with Gasteiger partial charge in [-0.1, -0.05) is 6.92 Å². The first-order valence-corrected chi connectivity index (χ1v) is 5.74. The van der Waals surface area contributed by atoms with Gasteiger partial charge in [-0.2, -0.15) is 19.0 Å². The Balaban J connectivity index is 1.93.